The van der Waals surface area contributed by atoms with E-state index in [9.17, 15) is 4.79 Å². The molecule has 1 saturated carbocycles. The van der Waals surface area contributed by atoms with Crippen molar-refractivity contribution in [1.82, 2.24) is 5.32 Å². The van der Waals surface area contributed by atoms with Gasteiger partial charge in [0.05, 0.1) is 0 Å². The molecule has 1 fully saturated rings. The fraction of sp³-hybridized carbons (Fsp3) is 0.688. The Morgan fingerprint density at radius 2 is 2.15 bits per heavy atom. The van der Waals surface area contributed by atoms with Crippen molar-refractivity contribution in [1.29, 1.82) is 0 Å². The summed E-state index contributed by atoms with van der Waals surface area (Å²) in [5.41, 5.74) is 1.54. The highest BCUT2D eigenvalue weighted by Gasteiger charge is 2.33. The number of ether oxygens (including phenoxy) is 1. The summed E-state index contributed by atoms with van der Waals surface area (Å²) in [6.07, 6.45) is 5.43. The summed E-state index contributed by atoms with van der Waals surface area (Å²) in [4.78, 5) is 13.7. The quantitative estimate of drug-likeness (QED) is 0.849. The predicted molar refractivity (Wildman–Crippen MR) is 80.9 cm³/mol. The van der Waals surface area contributed by atoms with Gasteiger partial charge in [-0.25, -0.2) is 4.79 Å². The second-order valence-electron chi connectivity index (χ2n) is 6.74. The van der Waals surface area contributed by atoms with Gasteiger partial charge in [0.25, 0.3) is 0 Å². The van der Waals surface area contributed by atoms with Gasteiger partial charge in [-0.2, -0.15) is 0 Å². The lowest BCUT2D eigenvalue weighted by Gasteiger charge is -2.34. The van der Waals surface area contributed by atoms with Crippen molar-refractivity contribution in [2.45, 2.75) is 58.1 Å². The summed E-state index contributed by atoms with van der Waals surface area (Å²) in [5.74, 6) is -0.0888. The van der Waals surface area contributed by atoms with E-state index >= 15 is 0 Å². The minimum Gasteiger partial charge on any atom is -0.461 e. The third-order valence-electron chi connectivity index (χ3n) is 4.60. The van der Waals surface area contributed by atoms with Crippen LogP contribution in [0.5, 0.6) is 0 Å². The van der Waals surface area contributed by atoms with E-state index in [-0.39, 0.29) is 18.1 Å². The molecule has 1 aromatic rings. The van der Waals surface area contributed by atoms with E-state index in [0.29, 0.717) is 5.41 Å². The van der Waals surface area contributed by atoms with Crippen LogP contribution >= 0.6 is 11.3 Å². The van der Waals surface area contributed by atoms with E-state index in [4.69, 9.17) is 4.74 Å². The monoisotopic (exact) mass is 293 g/mol. The number of nitrogens with one attached hydrogen (secondary N) is 1. The lowest BCUT2D eigenvalue weighted by Crippen LogP contribution is -2.38. The first-order chi connectivity index (χ1) is 9.55. The van der Waals surface area contributed by atoms with Gasteiger partial charge in [-0.15, -0.1) is 11.3 Å². The Bertz CT molecular complexity index is 484. The highest BCUT2D eigenvalue weighted by molar-refractivity contribution is 7.10. The first kappa shape index (κ1) is 14.1. The Morgan fingerprint density at radius 3 is 2.90 bits per heavy atom. The van der Waals surface area contributed by atoms with Gasteiger partial charge in [-0.1, -0.05) is 13.8 Å². The topological polar surface area (TPSA) is 38.3 Å². The van der Waals surface area contributed by atoms with Crippen LogP contribution in [0.4, 0.5) is 0 Å². The van der Waals surface area contributed by atoms with Gasteiger partial charge in [0, 0.05) is 11.4 Å². The molecule has 1 atom stereocenters. The Hall–Kier alpha value is -0.870. The Kier molecular flexibility index (Phi) is 3.87. The summed E-state index contributed by atoms with van der Waals surface area (Å²) in [7, 11) is 0. The number of thiophene rings is 1. The van der Waals surface area contributed by atoms with Crippen molar-refractivity contribution >= 4 is 17.3 Å². The molecule has 2 heterocycles. The maximum absolute atomic E-state index is 12.4. The molecule has 0 spiro atoms. The number of fused-ring (bicyclic) bond motifs is 1. The molecule has 0 amide bonds. The molecule has 2 aliphatic rings. The molecule has 20 heavy (non-hydrogen) atoms. The van der Waals surface area contributed by atoms with E-state index in [0.717, 1.165) is 44.2 Å². The van der Waals surface area contributed by atoms with Crippen LogP contribution in [-0.4, -0.2) is 18.6 Å². The number of rotatable bonds is 2. The molecule has 0 bridgehead atoms. The van der Waals surface area contributed by atoms with Crippen molar-refractivity contribution < 1.29 is 9.53 Å². The summed E-state index contributed by atoms with van der Waals surface area (Å²) in [5, 5.41) is 5.37. The van der Waals surface area contributed by atoms with Gasteiger partial charge in [0.2, 0.25) is 0 Å². The molecular formula is C16H23NO2S. The first-order valence-electron chi connectivity index (χ1n) is 7.55. The van der Waals surface area contributed by atoms with Crippen molar-refractivity contribution in [3.05, 3.63) is 21.9 Å². The minimum atomic E-state index is -0.250. The molecule has 110 valence electrons. The van der Waals surface area contributed by atoms with Crippen LogP contribution in [0.15, 0.2) is 11.4 Å². The Balaban J connectivity index is 1.61. The average molecular weight is 293 g/mol. The maximum atomic E-state index is 12.4. The van der Waals surface area contributed by atoms with E-state index < -0.39 is 0 Å². The molecular weight excluding hydrogens is 270 g/mol. The van der Waals surface area contributed by atoms with E-state index in [1.165, 1.54) is 4.88 Å². The summed E-state index contributed by atoms with van der Waals surface area (Å²) >= 11 is 1.74. The zero-order valence-corrected chi connectivity index (χ0v) is 13.1. The van der Waals surface area contributed by atoms with Crippen LogP contribution in [0.2, 0.25) is 0 Å². The molecule has 1 aromatic heterocycles. The lowest BCUT2D eigenvalue weighted by atomic mass is 9.76. The third-order valence-corrected chi connectivity index (χ3v) is 5.59. The fourth-order valence-electron chi connectivity index (χ4n) is 3.18. The van der Waals surface area contributed by atoms with Gasteiger partial charge in [-0.3, -0.25) is 0 Å². The molecule has 0 radical (unpaired) electrons. The zero-order chi connectivity index (χ0) is 14.2. The van der Waals surface area contributed by atoms with Gasteiger partial charge in [-0.05, 0) is 54.5 Å². The van der Waals surface area contributed by atoms with Crippen LogP contribution in [0, 0.1) is 5.41 Å². The second kappa shape index (κ2) is 5.49. The maximum Gasteiger partial charge on any atom is 0.328 e. The van der Waals surface area contributed by atoms with Gasteiger partial charge >= 0.3 is 5.97 Å². The first-order valence-corrected chi connectivity index (χ1v) is 8.43. The molecule has 0 aromatic carbocycles. The summed E-state index contributed by atoms with van der Waals surface area (Å²) in [6, 6.07) is 1.81. The SMILES string of the molecule is CC1(C)CCC(OC(=O)C2NCCc3sccc32)CC1. The van der Waals surface area contributed by atoms with Crippen molar-refractivity contribution in [2.75, 3.05) is 6.54 Å². The number of hydrogen-bond donors (Lipinski definition) is 1. The number of carbonyl (C=O) groups is 1. The summed E-state index contributed by atoms with van der Waals surface area (Å²) < 4.78 is 5.75. The highest BCUT2D eigenvalue weighted by Crippen LogP contribution is 2.37. The lowest BCUT2D eigenvalue weighted by molar-refractivity contribution is -0.154. The van der Waals surface area contributed by atoms with Crippen LogP contribution in [0.3, 0.4) is 0 Å². The molecule has 4 heteroatoms. The van der Waals surface area contributed by atoms with E-state index in [1.54, 1.807) is 11.3 Å². The van der Waals surface area contributed by atoms with E-state index in [1.807, 2.05) is 0 Å². The number of esters is 1. The van der Waals surface area contributed by atoms with Crippen molar-refractivity contribution in [3.63, 3.8) is 0 Å². The summed E-state index contributed by atoms with van der Waals surface area (Å²) in [6.45, 7) is 5.46. The minimum absolute atomic E-state index is 0.0888. The standard InChI is InChI=1S/C16H23NO2S/c1-16(2)7-3-11(4-8-16)19-15(18)14-12-6-10-20-13(12)5-9-17-14/h6,10-11,14,17H,3-5,7-9H2,1-2H3. The molecule has 3 nitrogen and oxygen atoms in total. The average Bonchev–Trinajstić information content (AvgIpc) is 2.89. The fourth-order valence-corrected chi connectivity index (χ4v) is 4.10. The molecule has 1 aliphatic heterocycles. The normalized spacial score (nSPS) is 26.0. The van der Waals surface area contributed by atoms with Crippen LogP contribution in [0.1, 0.15) is 56.0 Å². The number of carbonyl (C=O) groups excluding carboxylic acids is 1. The van der Waals surface area contributed by atoms with Crippen LogP contribution < -0.4 is 5.32 Å². The molecule has 3 rings (SSSR count). The van der Waals surface area contributed by atoms with Gasteiger partial charge in [0.1, 0.15) is 12.1 Å². The third kappa shape index (κ3) is 2.91. The van der Waals surface area contributed by atoms with E-state index in [2.05, 4.69) is 30.6 Å². The molecule has 1 aliphatic carbocycles. The van der Waals surface area contributed by atoms with Gasteiger partial charge in [0.15, 0.2) is 0 Å². The molecule has 0 saturated heterocycles. The predicted octanol–water partition coefficient (Wildman–Crippen LogP) is 3.45. The number of hydrogen-bond acceptors (Lipinski definition) is 4. The van der Waals surface area contributed by atoms with Crippen molar-refractivity contribution in [2.24, 2.45) is 5.41 Å². The Morgan fingerprint density at radius 1 is 1.40 bits per heavy atom. The second-order valence-corrected chi connectivity index (χ2v) is 7.74. The smallest absolute Gasteiger partial charge is 0.328 e. The van der Waals surface area contributed by atoms with Crippen LogP contribution in [-0.2, 0) is 16.0 Å². The largest absolute Gasteiger partial charge is 0.461 e. The molecule has 1 unspecified atom stereocenters. The van der Waals surface area contributed by atoms with Gasteiger partial charge < -0.3 is 10.1 Å². The van der Waals surface area contributed by atoms with Crippen LogP contribution in [0.25, 0.3) is 0 Å². The zero-order valence-electron chi connectivity index (χ0n) is 12.3. The highest BCUT2D eigenvalue weighted by atomic mass is 32.1. The Labute approximate surface area is 124 Å². The molecule has 1 N–H and O–H groups in total. The van der Waals surface area contributed by atoms with Crippen molar-refractivity contribution in [3.8, 4) is 0 Å².